The van der Waals surface area contributed by atoms with Crippen LogP contribution in [0.1, 0.15) is 10.4 Å². The highest BCUT2D eigenvalue weighted by Gasteiger charge is 2.06. The molecule has 17 heavy (non-hydrogen) atoms. The van der Waals surface area contributed by atoms with Crippen LogP contribution in [0.15, 0.2) is 36.9 Å². The third kappa shape index (κ3) is 3.22. The molecule has 0 unspecified atom stereocenters. The summed E-state index contributed by atoms with van der Waals surface area (Å²) < 4.78 is 1.18. The SMILES string of the molecule is C=CCc1cccc2sc(C(=N)N)cc12.Cl.Cl. The topological polar surface area (TPSA) is 49.9 Å². The number of amidine groups is 1. The van der Waals surface area contributed by atoms with Crippen molar-refractivity contribution in [2.24, 2.45) is 5.73 Å². The summed E-state index contributed by atoms with van der Waals surface area (Å²) in [6.45, 7) is 3.74. The molecule has 2 rings (SSSR count). The van der Waals surface area contributed by atoms with Crippen molar-refractivity contribution in [3.05, 3.63) is 47.4 Å². The quantitative estimate of drug-likeness (QED) is 0.504. The van der Waals surface area contributed by atoms with Gasteiger partial charge in [0.2, 0.25) is 0 Å². The van der Waals surface area contributed by atoms with Crippen LogP contribution in [0, 0.1) is 5.41 Å². The zero-order valence-electron chi connectivity index (χ0n) is 9.10. The number of rotatable bonds is 3. The van der Waals surface area contributed by atoms with Crippen molar-refractivity contribution in [1.82, 2.24) is 0 Å². The van der Waals surface area contributed by atoms with E-state index in [1.165, 1.54) is 15.6 Å². The maximum atomic E-state index is 7.41. The van der Waals surface area contributed by atoms with E-state index in [-0.39, 0.29) is 30.6 Å². The number of hydrogen-bond acceptors (Lipinski definition) is 2. The molecule has 92 valence electrons. The maximum Gasteiger partial charge on any atom is 0.133 e. The standard InChI is InChI=1S/C12H12N2S.2ClH/c1-2-4-8-5-3-6-10-9(8)7-11(15-10)12(13)14;;/h2-3,5-7H,1,4H2,(H3,13,14);2*1H. The Morgan fingerprint density at radius 2 is 2.12 bits per heavy atom. The Morgan fingerprint density at radius 3 is 2.71 bits per heavy atom. The molecule has 1 heterocycles. The molecule has 0 fully saturated rings. The maximum absolute atomic E-state index is 7.41. The lowest BCUT2D eigenvalue weighted by Crippen LogP contribution is -2.08. The van der Waals surface area contributed by atoms with E-state index >= 15 is 0 Å². The molecule has 0 atom stereocenters. The Kier molecular flexibility index (Phi) is 6.24. The fourth-order valence-corrected chi connectivity index (χ4v) is 2.56. The van der Waals surface area contributed by atoms with Crippen LogP contribution in [0.4, 0.5) is 0 Å². The van der Waals surface area contributed by atoms with Crippen molar-refractivity contribution in [1.29, 1.82) is 5.41 Å². The van der Waals surface area contributed by atoms with Gasteiger partial charge in [-0.2, -0.15) is 0 Å². The number of allylic oxidation sites excluding steroid dienone is 1. The lowest BCUT2D eigenvalue weighted by Gasteiger charge is -1.97. The largest absolute Gasteiger partial charge is 0.383 e. The second-order valence-electron chi connectivity index (χ2n) is 3.35. The van der Waals surface area contributed by atoms with E-state index in [2.05, 4.69) is 18.7 Å². The number of nitrogen functional groups attached to an aromatic ring is 1. The number of fused-ring (bicyclic) bond motifs is 1. The Labute approximate surface area is 117 Å². The number of thiophene rings is 1. The van der Waals surface area contributed by atoms with E-state index in [4.69, 9.17) is 11.1 Å². The first-order valence-corrected chi connectivity index (χ1v) is 5.50. The van der Waals surface area contributed by atoms with Gasteiger partial charge in [-0.05, 0) is 29.5 Å². The Morgan fingerprint density at radius 1 is 1.41 bits per heavy atom. The number of nitrogens with two attached hydrogens (primary N) is 1. The summed E-state index contributed by atoms with van der Waals surface area (Å²) in [5.74, 6) is 0.140. The van der Waals surface area contributed by atoms with Crippen LogP contribution in [0.2, 0.25) is 0 Å². The summed E-state index contributed by atoms with van der Waals surface area (Å²) >= 11 is 1.56. The predicted molar refractivity (Wildman–Crippen MR) is 81.2 cm³/mol. The summed E-state index contributed by atoms with van der Waals surface area (Å²) in [6, 6.07) is 8.16. The first kappa shape index (κ1) is 16.0. The Balaban J connectivity index is 0.00000128. The lowest BCUT2D eigenvalue weighted by atomic mass is 10.1. The summed E-state index contributed by atoms with van der Waals surface area (Å²) in [5.41, 5.74) is 6.72. The van der Waals surface area contributed by atoms with Gasteiger partial charge in [0.15, 0.2) is 0 Å². The molecule has 0 bridgehead atoms. The summed E-state index contributed by atoms with van der Waals surface area (Å²) in [6.07, 6.45) is 2.74. The zero-order valence-corrected chi connectivity index (χ0v) is 11.6. The van der Waals surface area contributed by atoms with E-state index in [1.807, 2.05) is 18.2 Å². The van der Waals surface area contributed by atoms with Gasteiger partial charge in [0.25, 0.3) is 0 Å². The van der Waals surface area contributed by atoms with Crippen LogP contribution in [-0.4, -0.2) is 5.84 Å². The summed E-state index contributed by atoms with van der Waals surface area (Å²) in [5, 5.41) is 8.60. The molecule has 0 saturated carbocycles. The smallest absolute Gasteiger partial charge is 0.133 e. The first-order valence-electron chi connectivity index (χ1n) is 4.69. The third-order valence-corrected chi connectivity index (χ3v) is 3.42. The van der Waals surface area contributed by atoms with Gasteiger partial charge in [0.1, 0.15) is 5.84 Å². The first-order chi connectivity index (χ1) is 7.22. The molecule has 0 aliphatic heterocycles. The van der Waals surface area contributed by atoms with E-state index < -0.39 is 0 Å². The molecule has 0 saturated heterocycles. The average Bonchev–Trinajstić information content (AvgIpc) is 2.63. The molecule has 2 nitrogen and oxygen atoms in total. The molecule has 3 N–H and O–H groups in total. The molecular formula is C12H14Cl2N2S. The number of hydrogen-bond donors (Lipinski definition) is 2. The Hall–Kier alpha value is -1.03. The van der Waals surface area contributed by atoms with Gasteiger partial charge in [-0.25, -0.2) is 0 Å². The van der Waals surface area contributed by atoms with Gasteiger partial charge < -0.3 is 5.73 Å². The van der Waals surface area contributed by atoms with Crippen molar-refractivity contribution in [3.63, 3.8) is 0 Å². The normalized spacial score (nSPS) is 9.18. The molecule has 0 spiro atoms. The molecular weight excluding hydrogens is 275 g/mol. The summed E-state index contributed by atoms with van der Waals surface area (Å²) in [4.78, 5) is 0.835. The molecule has 0 aliphatic carbocycles. The second kappa shape index (κ2) is 6.64. The van der Waals surface area contributed by atoms with Crippen molar-refractivity contribution in [2.45, 2.75) is 6.42 Å². The van der Waals surface area contributed by atoms with Gasteiger partial charge >= 0.3 is 0 Å². The van der Waals surface area contributed by atoms with Gasteiger partial charge in [-0.3, -0.25) is 5.41 Å². The highest BCUT2D eigenvalue weighted by atomic mass is 35.5. The van der Waals surface area contributed by atoms with Crippen molar-refractivity contribution in [2.75, 3.05) is 0 Å². The van der Waals surface area contributed by atoms with Crippen LogP contribution in [0.5, 0.6) is 0 Å². The molecule has 1 aromatic carbocycles. The minimum atomic E-state index is 0. The van der Waals surface area contributed by atoms with Gasteiger partial charge in [-0.1, -0.05) is 18.2 Å². The summed E-state index contributed by atoms with van der Waals surface area (Å²) in [7, 11) is 0. The number of halogens is 2. The third-order valence-electron chi connectivity index (χ3n) is 2.28. The highest BCUT2D eigenvalue weighted by Crippen LogP contribution is 2.28. The van der Waals surface area contributed by atoms with E-state index in [9.17, 15) is 0 Å². The number of benzene rings is 1. The van der Waals surface area contributed by atoms with Crippen molar-refractivity contribution >= 4 is 52.1 Å². The van der Waals surface area contributed by atoms with Crippen LogP contribution in [-0.2, 0) is 6.42 Å². The lowest BCUT2D eigenvalue weighted by molar-refractivity contribution is 1.31. The minimum absolute atomic E-state index is 0. The van der Waals surface area contributed by atoms with E-state index in [0.717, 1.165) is 11.3 Å². The van der Waals surface area contributed by atoms with Crippen LogP contribution < -0.4 is 5.73 Å². The second-order valence-corrected chi connectivity index (χ2v) is 4.43. The number of nitrogens with one attached hydrogen (secondary N) is 1. The average molecular weight is 289 g/mol. The van der Waals surface area contributed by atoms with E-state index in [1.54, 1.807) is 11.3 Å². The highest BCUT2D eigenvalue weighted by molar-refractivity contribution is 7.20. The fraction of sp³-hybridized carbons (Fsp3) is 0.0833. The Bertz CT molecular complexity index is 534. The van der Waals surface area contributed by atoms with Gasteiger partial charge in [0.05, 0.1) is 4.88 Å². The van der Waals surface area contributed by atoms with Crippen LogP contribution in [0.25, 0.3) is 10.1 Å². The minimum Gasteiger partial charge on any atom is -0.383 e. The molecule has 5 heteroatoms. The zero-order chi connectivity index (χ0) is 10.8. The van der Waals surface area contributed by atoms with Crippen LogP contribution in [0.3, 0.4) is 0 Å². The fourth-order valence-electron chi connectivity index (χ4n) is 1.59. The molecule has 0 radical (unpaired) electrons. The molecule has 1 aromatic heterocycles. The molecule has 0 amide bonds. The van der Waals surface area contributed by atoms with Gasteiger partial charge in [0, 0.05) is 4.70 Å². The predicted octanol–water partition coefficient (Wildman–Crippen LogP) is 3.76. The monoisotopic (exact) mass is 288 g/mol. The van der Waals surface area contributed by atoms with Crippen molar-refractivity contribution in [3.8, 4) is 0 Å². The van der Waals surface area contributed by atoms with Crippen molar-refractivity contribution < 1.29 is 0 Å². The van der Waals surface area contributed by atoms with Gasteiger partial charge in [-0.15, -0.1) is 42.7 Å². The molecule has 0 aliphatic rings. The van der Waals surface area contributed by atoms with E-state index in [0.29, 0.717) is 0 Å². The van der Waals surface area contributed by atoms with Crippen LogP contribution >= 0.6 is 36.2 Å². The molecule has 2 aromatic rings.